The predicted molar refractivity (Wildman–Crippen MR) is 105 cm³/mol. The molecule has 1 aliphatic heterocycles. The molecule has 0 bridgehead atoms. The highest BCUT2D eigenvalue weighted by molar-refractivity contribution is 6.05. The van der Waals surface area contributed by atoms with Crippen molar-refractivity contribution in [1.82, 2.24) is 0 Å². The fraction of sp³-hybridized carbons (Fsp3) is 0.333. The van der Waals surface area contributed by atoms with E-state index in [2.05, 4.69) is 10.2 Å². The maximum absolute atomic E-state index is 12.6. The third kappa shape index (κ3) is 4.28. The minimum atomic E-state index is -0.432. The number of carbonyl (C=O) groups excluding carboxylic acids is 2. The van der Waals surface area contributed by atoms with E-state index in [0.29, 0.717) is 43.1 Å². The first-order chi connectivity index (χ1) is 13.0. The van der Waals surface area contributed by atoms with Crippen molar-refractivity contribution in [2.75, 3.05) is 43.6 Å². The van der Waals surface area contributed by atoms with Gasteiger partial charge in [0.05, 0.1) is 31.6 Å². The number of carbonyl (C=O) groups is 2. The number of hydrogen-bond donors (Lipinski definition) is 1. The molecule has 1 N–H and O–H groups in total. The Bertz CT molecular complexity index is 857. The number of esters is 1. The molecule has 1 saturated heterocycles. The molecule has 1 aliphatic rings. The van der Waals surface area contributed by atoms with Gasteiger partial charge in [-0.3, -0.25) is 4.79 Å². The van der Waals surface area contributed by atoms with Gasteiger partial charge in [0.2, 0.25) is 0 Å². The topological polar surface area (TPSA) is 67.9 Å². The summed E-state index contributed by atoms with van der Waals surface area (Å²) in [5, 5.41) is 2.86. The van der Waals surface area contributed by atoms with E-state index in [9.17, 15) is 9.59 Å². The number of nitrogens with zero attached hydrogens (tertiary/aromatic N) is 1. The standard InChI is InChI=1S/C21H24N2O4/c1-14-4-5-16(12-15(14)2)20(24)22-17-6-7-19(18(13-17)21(25)26-3)23-8-10-27-11-9-23/h4-7,12-13H,8-11H2,1-3H3,(H,22,24). The second-order valence-electron chi connectivity index (χ2n) is 6.58. The van der Waals surface area contributed by atoms with E-state index in [1.807, 2.05) is 32.0 Å². The zero-order valence-electron chi connectivity index (χ0n) is 15.9. The molecule has 2 aromatic rings. The number of aryl methyl sites for hydroxylation is 2. The van der Waals surface area contributed by atoms with Crippen molar-refractivity contribution in [3.63, 3.8) is 0 Å². The molecule has 3 rings (SSSR count). The zero-order valence-corrected chi connectivity index (χ0v) is 15.9. The molecule has 1 heterocycles. The van der Waals surface area contributed by atoms with Crippen molar-refractivity contribution in [2.45, 2.75) is 13.8 Å². The van der Waals surface area contributed by atoms with Gasteiger partial charge in [-0.15, -0.1) is 0 Å². The van der Waals surface area contributed by atoms with Crippen LogP contribution in [0.4, 0.5) is 11.4 Å². The number of nitrogens with one attached hydrogen (secondary N) is 1. The van der Waals surface area contributed by atoms with E-state index < -0.39 is 5.97 Å². The highest BCUT2D eigenvalue weighted by Crippen LogP contribution is 2.26. The summed E-state index contributed by atoms with van der Waals surface area (Å²) in [4.78, 5) is 26.9. The molecular weight excluding hydrogens is 344 g/mol. The Morgan fingerprint density at radius 3 is 2.44 bits per heavy atom. The SMILES string of the molecule is COC(=O)c1cc(NC(=O)c2ccc(C)c(C)c2)ccc1N1CCOCC1. The van der Waals surface area contributed by atoms with Gasteiger partial charge in [0, 0.05) is 24.3 Å². The van der Waals surface area contributed by atoms with E-state index in [0.717, 1.165) is 16.8 Å². The second kappa shape index (κ2) is 8.22. The van der Waals surface area contributed by atoms with Gasteiger partial charge in [-0.1, -0.05) is 6.07 Å². The summed E-state index contributed by atoms with van der Waals surface area (Å²) in [6, 6.07) is 10.9. The zero-order chi connectivity index (χ0) is 19.4. The molecule has 6 heteroatoms. The maximum Gasteiger partial charge on any atom is 0.340 e. The molecule has 1 amide bonds. The van der Waals surface area contributed by atoms with Crippen LogP contribution in [-0.2, 0) is 9.47 Å². The lowest BCUT2D eigenvalue weighted by Gasteiger charge is -2.30. The van der Waals surface area contributed by atoms with Crippen molar-refractivity contribution >= 4 is 23.3 Å². The lowest BCUT2D eigenvalue weighted by Crippen LogP contribution is -2.37. The highest BCUT2D eigenvalue weighted by atomic mass is 16.5. The first kappa shape index (κ1) is 18.9. The number of methoxy groups -OCH3 is 1. The van der Waals surface area contributed by atoms with Crippen LogP contribution < -0.4 is 10.2 Å². The molecule has 0 saturated carbocycles. The summed E-state index contributed by atoms with van der Waals surface area (Å²) >= 11 is 0. The van der Waals surface area contributed by atoms with Crippen molar-refractivity contribution in [1.29, 1.82) is 0 Å². The monoisotopic (exact) mass is 368 g/mol. The summed E-state index contributed by atoms with van der Waals surface area (Å²) in [6.45, 7) is 6.62. The number of anilines is 2. The third-order valence-corrected chi connectivity index (χ3v) is 4.78. The first-order valence-corrected chi connectivity index (χ1v) is 8.93. The normalized spacial score (nSPS) is 14.0. The number of morpholine rings is 1. The summed E-state index contributed by atoms with van der Waals surface area (Å²) < 4.78 is 10.3. The molecule has 0 spiro atoms. The van der Waals surface area contributed by atoms with Gasteiger partial charge in [-0.25, -0.2) is 4.79 Å². The van der Waals surface area contributed by atoms with Gasteiger partial charge >= 0.3 is 5.97 Å². The molecule has 1 fully saturated rings. The van der Waals surface area contributed by atoms with Gasteiger partial charge in [0.1, 0.15) is 0 Å². The van der Waals surface area contributed by atoms with Gasteiger partial charge in [0.25, 0.3) is 5.91 Å². The summed E-state index contributed by atoms with van der Waals surface area (Å²) in [5.41, 5.74) is 4.53. The van der Waals surface area contributed by atoms with E-state index in [-0.39, 0.29) is 5.91 Å². The molecule has 0 unspecified atom stereocenters. The highest BCUT2D eigenvalue weighted by Gasteiger charge is 2.20. The Hall–Kier alpha value is -2.86. The third-order valence-electron chi connectivity index (χ3n) is 4.78. The predicted octanol–water partition coefficient (Wildman–Crippen LogP) is 3.18. The van der Waals surface area contributed by atoms with Crippen molar-refractivity contribution in [3.05, 3.63) is 58.7 Å². The van der Waals surface area contributed by atoms with E-state index in [1.165, 1.54) is 7.11 Å². The van der Waals surface area contributed by atoms with Crippen LogP contribution >= 0.6 is 0 Å². The van der Waals surface area contributed by atoms with Gasteiger partial charge in [-0.05, 0) is 55.3 Å². The van der Waals surface area contributed by atoms with Gasteiger partial charge in [-0.2, -0.15) is 0 Å². The Morgan fingerprint density at radius 1 is 1.04 bits per heavy atom. The van der Waals surface area contributed by atoms with Crippen LogP contribution in [0.3, 0.4) is 0 Å². The second-order valence-corrected chi connectivity index (χ2v) is 6.58. The fourth-order valence-electron chi connectivity index (χ4n) is 3.05. The van der Waals surface area contributed by atoms with Crippen LogP contribution in [0, 0.1) is 13.8 Å². The number of rotatable bonds is 4. The molecule has 142 valence electrons. The molecule has 0 radical (unpaired) electrons. The number of amides is 1. The molecule has 2 aromatic carbocycles. The van der Waals surface area contributed by atoms with Crippen LogP contribution in [0.5, 0.6) is 0 Å². The molecule has 6 nitrogen and oxygen atoms in total. The minimum absolute atomic E-state index is 0.215. The van der Waals surface area contributed by atoms with Gasteiger partial charge in [0.15, 0.2) is 0 Å². The Morgan fingerprint density at radius 2 is 1.78 bits per heavy atom. The number of ether oxygens (including phenoxy) is 2. The molecular formula is C21H24N2O4. The summed E-state index contributed by atoms with van der Waals surface area (Å²) in [5.74, 6) is -0.646. The maximum atomic E-state index is 12.6. The number of benzene rings is 2. The first-order valence-electron chi connectivity index (χ1n) is 8.93. The van der Waals surface area contributed by atoms with Crippen LogP contribution in [0.25, 0.3) is 0 Å². The van der Waals surface area contributed by atoms with E-state index in [1.54, 1.807) is 18.2 Å². The van der Waals surface area contributed by atoms with Crippen LogP contribution in [0.15, 0.2) is 36.4 Å². The lowest BCUT2D eigenvalue weighted by atomic mass is 10.1. The minimum Gasteiger partial charge on any atom is -0.465 e. The Kier molecular flexibility index (Phi) is 5.76. The summed E-state index contributed by atoms with van der Waals surface area (Å²) in [7, 11) is 1.35. The molecule has 27 heavy (non-hydrogen) atoms. The van der Waals surface area contributed by atoms with Crippen LogP contribution in [0.2, 0.25) is 0 Å². The van der Waals surface area contributed by atoms with E-state index >= 15 is 0 Å². The quantitative estimate of drug-likeness (QED) is 0.840. The van der Waals surface area contributed by atoms with Crippen LogP contribution in [0.1, 0.15) is 31.8 Å². The van der Waals surface area contributed by atoms with Crippen molar-refractivity contribution in [3.8, 4) is 0 Å². The lowest BCUT2D eigenvalue weighted by molar-refractivity contribution is 0.0600. The average molecular weight is 368 g/mol. The molecule has 0 aliphatic carbocycles. The summed E-state index contributed by atoms with van der Waals surface area (Å²) in [6.07, 6.45) is 0. The molecule has 0 atom stereocenters. The Labute approximate surface area is 159 Å². The molecule has 0 aromatic heterocycles. The smallest absolute Gasteiger partial charge is 0.340 e. The number of hydrogen-bond acceptors (Lipinski definition) is 5. The van der Waals surface area contributed by atoms with Crippen LogP contribution in [-0.4, -0.2) is 45.3 Å². The fourth-order valence-corrected chi connectivity index (χ4v) is 3.05. The van der Waals surface area contributed by atoms with E-state index in [4.69, 9.17) is 9.47 Å². The van der Waals surface area contributed by atoms with Crippen molar-refractivity contribution in [2.24, 2.45) is 0 Å². The Balaban J connectivity index is 1.86. The largest absolute Gasteiger partial charge is 0.465 e. The van der Waals surface area contributed by atoms with Crippen molar-refractivity contribution < 1.29 is 19.1 Å². The average Bonchev–Trinajstić information content (AvgIpc) is 2.70. The van der Waals surface area contributed by atoms with Gasteiger partial charge < -0.3 is 19.7 Å².